The molecule has 0 radical (unpaired) electrons. The number of carboxylic acid groups (broad SMARTS) is 1. The monoisotopic (exact) mass is 291 g/mol. The molecule has 2 N–H and O–H groups in total. The molecule has 0 atom stereocenters. The quantitative estimate of drug-likeness (QED) is 0.843. The van der Waals surface area contributed by atoms with Crippen LogP contribution in [0.5, 0.6) is 0 Å². The maximum atomic E-state index is 12.3. The number of amides is 1. The number of aromatic nitrogens is 4. The zero-order valence-electron chi connectivity index (χ0n) is 12.1. The summed E-state index contributed by atoms with van der Waals surface area (Å²) in [4.78, 5) is 31.0. The first kappa shape index (κ1) is 14.9. The average molecular weight is 291 g/mol. The Labute approximate surface area is 121 Å². The van der Waals surface area contributed by atoms with Crippen LogP contribution in [0.15, 0.2) is 12.5 Å². The van der Waals surface area contributed by atoms with E-state index in [1.807, 2.05) is 0 Å². The van der Waals surface area contributed by atoms with Crippen LogP contribution in [0.1, 0.15) is 42.7 Å². The number of aliphatic carboxylic acids is 1. The lowest BCUT2D eigenvalue weighted by molar-refractivity contribution is -0.137. The molecule has 0 saturated carbocycles. The van der Waals surface area contributed by atoms with Crippen molar-refractivity contribution in [3.8, 4) is 0 Å². The standard InChI is InChI=1S/C13H17N5O3/c1-8-9(6-14-12-15-7-16-18(8)12)11(21)17-13(2,3)5-4-10(19)20/h6-7H,4-5H2,1-3H3,(H,17,21)(H,19,20). The van der Waals surface area contributed by atoms with Crippen molar-refractivity contribution in [3.63, 3.8) is 0 Å². The van der Waals surface area contributed by atoms with Crippen LogP contribution in [0.25, 0.3) is 5.78 Å². The summed E-state index contributed by atoms with van der Waals surface area (Å²) >= 11 is 0. The van der Waals surface area contributed by atoms with Crippen LogP contribution >= 0.6 is 0 Å². The number of carbonyl (C=O) groups excluding carboxylic acids is 1. The van der Waals surface area contributed by atoms with E-state index in [0.717, 1.165) is 0 Å². The number of nitrogens with one attached hydrogen (secondary N) is 1. The highest BCUT2D eigenvalue weighted by molar-refractivity contribution is 5.95. The largest absolute Gasteiger partial charge is 0.481 e. The fourth-order valence-electron chi connectivity index (χ4n) is 1.97. The van der Waals surface area contributed by atoms with Gasteiger partial charge in [-0.2, -0.15) is 10.1 Å². The summed E-state index contributed by atoms with van der Waals surface area (Å²) in [6.07, 6.45) is 3.15. The van der Waals surface area contributed by atoms with E-state index in [2.05, 4.69) is 20.4 Å². The van der Waals surface area contributed by atoms with E-state index >= 15 is 0 Å². The zero-order chi connectivity index (χ0) is 15.6. The average Bonchev–Trinajstić information content (AvgIpc) is 2.85. The van der Waals surface area contributed by atoms with Crippen LogP contribution in [0.3, 0.4) is 0 Å². The molecule has 8 heteroatoms. The third-order valence-corrected chi connectivity index (χ3v) is 3.21. The normalized spacial score (nSPS) is 11.6. The number of hydrogen-bond donors (Lipinski definition) is 2. The van der Waals surface area contributed by atoms with Gasteiger partial charge in [0.05, 0.1) is 11.3 Å². The lowest BCUT2D eigenvalue weighted by Gasteiger charge is -2.25. The predicted octanol–water partition coefficient (Wildman–Crippen LogP) is 0.806. The Morgan fingerprint density at radius 3 is 2.76 bits per heavy atom. The molecular formula is C13H17N5O3. The molecule has 0 spiro atoms. The van der Waals surface area contributed by atoms with Gasteiger partial charge in [-0.15, -0.1) is 0 Å². The number of nitrogens with zero attached hydrogens (tertiary/aromatic N) is 4. The molecule has 2 aromatic rings. The molecule has 0 aliphatic rings. The van der Waals surface area contributed by atoms with Gasteiger partial charge < -0.3 is 10.4 Å². The van der Waals surface area contributed by atoms with Crippen molar-refractivity contribution < 1.29 is 14.7 Å². The fraction of sp³-hybridized carbons (Fsp3) is 0.462. The van der Waals surface area contributed by atoms with Crippen LogP contribution < -0.4 is 5.32 Å². The number of carboxylic acids is 1. The first-order valence-electron chi connectivity index (χ1n) is 6.50. The van der Waals surface area contributed by atoms with E-state index in [-0.39, 0.29) is 12.3 Å². The highest BCUT2D eigenvalue weighted by atomic mass is 16.4. The first-order valence-corrected chi connectivity index (χ1v) is 6.50. The van der Waals surface area contributed by atoms with Crippen molar-refractivity contribution in [2.24, 2.45) is 0 Å². The van der Waals surface area contributed by atoms with Gasteiger partial charge in [0.25, 0.3) is 11.7 Å². The molecule has 2 rings (SSSR count). The SMILES string of the molecule is Cc1c(C(=O)NC(C)(C)CCC(=O)O)cnc2ncnn12. The van der Waals surface area contributed by atoms with E-state index in [1.165, 1.54) is 17.0 Å². The first-order chi connectivity index (χ1) is 9.80. The Kier molecular flexibility index (Phi) is 3.88. The maximum Gasteiger partial charge on any atom is 0.303 e. The highest BCUT2D eigenvalue weighted by Gasteiger charge is 2.24. The van der Waals surface area contributed by atoms with Crippen LogP contribution in [0.2, 0.25) is 0 Å². The van der Waals surface area contributed by atoms with Crippen LogP contribution in [-0.2, 0) is 4.79 Å². The van der Waals surface area contributed by atoms with Gasteiger partial charge in [-0.1, -0.05) is 0 Å². The lowest BCUT2D eigenvalue weighted by atomic mass is 9.98. The number of carbonyl (C=O) groups is 2. The lowest BCUT2D eigenvalue weighted by Crippen LogP contribution is -2.44. The maximum absolute atomic E-state index is 12.3. The number of hydrogen-bond acceptors (Lipinski definition) is 5. The van der Waals surface area contributed by atoms with Crippen molar-refractivity contribution in [2.75, 3.05) is 0 Å². The minimum atomic E-state index is -0.890. The Bertz CT molecular complexity index is 692. The summed E-state index contributed by atoms with van der Waals surface area (Å²) in [5.74, 6) is -0.777. The Morgan fingerprint density at radius 2 is 2.10 bits per heavy atom. The molecule has 0 unspecified atom stereocenters. The van der Waals surface area contributed by atoms with E-state index in [0.29, 0.717) is 23.5 Å². The zero-order valence-corrected chi connectivity index (χ0v) is 12.1. The van der Waals surface area contributed by atoms with Gasteiger partial charge in [0.15, 0.2) is 0 Å². The molecule has 0 fully saturated rings. The molecule has 0 aliphatic carbocycles. The Balaban J connectivity index is 2.18. The van der Waals surface area contributed by atoms with E-state index in [4.69, 9.17) is 5.11 Å². The van der Waals surface area contributed by atoms with Gasteiger partial charge in [0.1, 0.15) is 6.33 Å². The van der Waals surface area contributed by atoms with Gasteiger partial charge in [0.2, 0.25) is 0 Å². The second kappa shape index (κ2) is 5.47. The summed E-state index contributed by atoms with van der Waals surface area (Å²) in [5, 5.41) is 15.6. The van der Waals surface area contributed by atoms with Crippen LogP contribution in [-0.4, -0.2) is 42.1 Å². The van der Waals surface area contributed by atoms with Crippen molar-refractivity contribution in [3.05, 3.63) is 23.8 Å². The number of rotatable bonds is 5. The molecule has 0 aromatic carbocycles. The van der Waals surface area contributed by atoms with Gasteiger partial charge >= 0.3 is 5.97 Å². The van der Waals surface area contributed by atoms with Crippen molar-refractivity contribution in [1.82, 2.24) is 24.9 Å². The third kappa shape index (κ3) is 3.33. The third-order valence-electron chi connectivity index (χ3n) is 3.21. The van der Waals surface area contributed by atoms with Gasteiger partial charge in [-0.25, -0.2) is 9.50 Å². The fourth-order valence-corrected chi connectivity index (χ4v) is 1.97. The molecule has 21 heavy (non-hydrogen) atoms. The minimum Gasteiger partial charge on any atom is -0.481 e. The predicted molar refractivity (Wildman–Crippen MR) is 73.9 cm³/mol. The minimum absolute atomic E-state index is 0.00732. The molecule has 0 bridgehead atoms. The molecule has 0 aliphatic heterocycles. The molecular weight excluding hydrogens is 274 g/mol. The Morgan fingerprint density at radius 1 is 1.38 bits per heavy atom. The number of aryl methyl sites for hydroxylation is 1. The van der Waals surface area contributed by atoms with Gasteiger partial charge in [0, 0.05) is 18.2 Å². The van der Waals surface area contributed by atoms with E-state index in [9.17, 15) is 9.59 Å². The second-order valence-corrected chi connectivity index (χ2v) is 5.46. The van der Waals surface area contributed by atoms with Crippen molar-refractivity contribution >= 4 is 17.7 Å². The smallest absolute Gasteiger partial charge is 0.303 e. The Hall–Kier alpha value is -2.51. The summed E-state index contributed by atoms with van der Waals surface area (Å²) in [6, 6.07) is 0. The van der Waals surface area contributed by atoms with E-state index < -0.39 is 11.5 Å². The van der Waals surface area contributed by atoms with E-state index in [1.54, 1.807) is 20.8 Å². The molecule has 8 nitrogen and oxygen atoms in total. The van der Waals surface area contributed by atoms with Crippen molar-refractivity contribution in [1.29, 1.82) is 0 Å². The van der Waals surface area contributed by atoms with Crippen LogP contribution in [0.4, 0.5) is 0 Å². The van der Waals surface area contributed by atoms with Crippen LogP contribution in [0, 0.1) is 6.92 Å². The molecule has 2 aromatic heterocycles. The van der Waals surface area contributed by atoms with Gasteiger partial charge in [-0.05, 0) is 27.2 Å². The molecule has 2 heterocycles. The topological polar surface area (TPSA) is 109 Å². The molecule has 112 valence electrons. The summed E-state index contributed by atoms with van der Waals surface area (Å²) in [7, 11) is 0. The summed E-state index contributed by atoms with van der Waals surface area (Å²) in [5.41, 5.74) is 0.389. The number of fused-ring (bicyclic) bond motifs is 1. The molecule has 0 saturated heterocycles. The summed E-state index contributed by atoms with van der Waals surface area (Å²) < 4.78 is 1.49. The highest BCUT2D eigenvalue weighted by Crippen LogP contribution is 2.14. The second-order valence-electron chi connectivity index (χ2n) is 5.46. The van der Waals surface area contributed by atoms with Gasteiger partial charge in [-0.3, -0.25) is 9.59 Å². The summed E-state index contributed by atoms with van der Waals surface area (Å²) in [6.45, 7) is 5.32. The van der Waals surface area contributed by atoms with Crippen molar-refractivity contribution in [2.45, 2.75) is 39.2 Å². The molecule has 1 amide bonds.